The highest BCUT2D eigenvalue weighted by molar-refractivity contribution is 6.30. The summed E-state index contributed by atoms with van der Waals surface area (Å²) < 4.78 is 10.7. The summed E-state index contributed by atoms with van der Waals surface area (Å²) in [7, 11) is 3.13. The van der Waals surface area contributed by atoms with E-state index in [4.69, 9.17) is 21.1 Å². The summed E-state index contributed by atoms with van der Waals surface area (Å²) in [5.41, 5.74) is 2.46. The normalized spacial score (nSPS) is 10.2. The van der Waals surface area contributed by atoms with Crippen LogP contribution in [0.5, 0.6) is 11.5 Å². The van der Waals surface area contributed by atoms with Crippen molar-refractivity contribution in [1.82, 2.24) is 5.32 Å². The van der Waals surface area contributed by atoms with Gasteiger partial charge in [0.2, 0.25) is 0 Å². The predicted octanol–water partition coefficient (Wildman–Crippen LogP) is 4.06. The Morgan fingerprint density at radius 3 is 2.68 bits per heavy atom. The summed E-state index contributed by atoms with van der Waals surface area (Å²) in [6.07, 6.45) is 3.06. The molecule has 0 aliphatic heterocycles. The number of ether oxygens (including phenoxy) is 2. The molecular formula is C20H22ClNO3. The van der Waals surface area contributed by atoms with Gasteiger partial charge in [0.25, 0.3) is 5.91 Å². The van der Waals surface area contributed by atoms with Crippen LogP contribution in [0, 0.1) is 0 Å². The molecule has 4 nitrogen and oxygen atoms in total. The zero-order valence-electron chi connectivity index (χ0n) is 14.5. The van der Waals surface area contributed by atoms with Crippen LogP contribution in [0.3, 0.4) is 0 Å². The Hall–Kier alpha value is -2.46. The molecule has 25 heavy (non-hydrogen) atoms. The van der Waals surface area contributed by atoms with E-state index in [9.17, 15) is 4.79 Å². The predicted molar refractivity (Wildman–Crippen MR) is 101 cm³/mol. The molecule has 0 unspecified atom stereocenters. The van der Waals surface area contributed by atoms with Gasteiger partial charge in [0.1, 0.15) is 0 Å². The second kappa shape index (κ2) is 9.14. The molecule has 2 aromatic rings. The van der Waals surface area contributed by atoms with Gasteiger partial charge in [0.05, 0.1) is 14.2 Å². The number of hydrogen-bond donors (Lipinski definition) is 1. The third-order valence-electron chi connectivity index (χ3n) is 3.77. The molecule has 0 heterocycles. The Bertz CT molecular complexity index is 759. The first-order chi connectivity index (χ1) is 12.1. The van der Waals surface area contributed by atoms with Crippen LogP contribution >= 0.6 is 11.6 Å². The van der Waals surface area contributed by atoms with E-state index < -0.39 is 0 Å². The number of methoxy groups -OCH3 is 2. The Kier molecular flexibility index (Phi) is 6.90. The quantitative estimate of drug-likeness (QED) is 0.723. The summed E-state index contributed by atoms with van der Waals surface area (Å²) in [6.45, 7) is 4.26. The smallest absolute Gasteiger partial charge is 0.251 e. The van der Waals surface area contributed by atoms with E-state index in [1.54, 1.807) is 32.4 Å². The molecule has 0 atom stereocenters. The number of nitrogens with one attached hydrogen (secondary N) is 1. The molecule has 132 valence electrons. The number of benzene rings is 2. The SMILES string of the molecule is C=CCc1cc(C(=O)NCCc2cccc(Cl)c2)cc(OC)c1OC. The van der Waals surface area contributed by atoms with E-state index >= 15 is 0 Å². The van der Waals surface area contributed by atoms with Gasteiger partial charge < -0.3 is 14.8 Å². The summed E-state index contributed by atoms with van der Waals surface area (Å²) in [5, 5.41) is 3.61. The van der Waals surface area contributed by atoms with Gasteiger partial charge in [0.15, 0.2) is 11.5 Å². The number of carbonyl (C=O) groups excluding carboxylic acids is 1. The average molecular weight is 360 g/mol. The average Bonchev–Trinajstić information content (AvgIpc) is 2.61. The fourth-order valence-corrected chi connectivity index (χ4v) is 2.81. The molecule has 0 spiro atoms. The van der Waals surface area contributed by atoms with Crippen molar-refractivity contribution < 1.29 is 14.3 Å². The molecule has 0 bridgehead atoms. The highest BCUT2D eigenvalue weighted by Crippen LogP contribution is 2.33. The van der Waals surface area contributed by atoms with Crippen molar-refractivity contribution in [3.05, 3.63) is 70.8 Å². The van der Waals surface area contributed by atoms with Crippen LogP contribution in [-0.4, -0.2) is 26.7 Å². The minimum absolute atomic E-state index is 0.159. The molecule has 0 saturated heterocycles. The van der Waals surface area contributed by atoms with Crippen molar-refractivity contribution in [1.29, 1.82) is 0 Å². The van der Waals surface area contributed by atoms with Crippen LogP contribution in [0.15, 0.2) is 49.1 Å². The summed E-state index contributed by atoms with van der Waals surface area (Å²) in [5.74, 6) is 0.994. The highest BCUT2D eigenvalue weighted by Gasteiger charge is 2.15. The molecule has 1 N–H and O–H groups in total. The van der Waals surface area contributed by atoms with Crippen LogP contribution in [0.1, 0.15) is 21.5 Å². The lowest BCUT2D eigenvalue weighted by atomic mass is 10.0. The monoisotopic (exact) mass is 359 g/mol. The van der Waals surface area contributed by atoms with Gasteiger partial charge in [-0.1, -0.05) is 29.8 Å². The first-order valence-corrected chi connectivity index (χ1v) is 8.35. The van der Waals surface area contributed by atoms with Crippen molar-refractivity contribution in [3.8, 4) is 11.5 Å². The third kappa shape index (κ3) is 5.00. The van der Waals surface area contributed by atoms with Crippen molar-refractivity contribution in [2.24, 2.45) is 0 Å². The standard InChI is InChI=1S/C20H22ClNO3/c1-4-6-15-12-16(13-18(24-2)19(15)25-3)20(23)22-10-9-14-7-5-8-17(21)11-14/h4-5,7-8,11-13H,1,6,9-10H2,2-3H3,(H,22,23). The lowest BCUT2D eigenvalue weighted by Crippen LogP contribution is -2.26. The maximum Gasteiger partial charge on any atom is 0.251 e. The van der Waals surface area contributed by atoms with Gasteiger partial charge in [-0.25, -0.2) is 0 Å². The van der Waals surface area contributed by atoms with E-state index in [0.717, 1.165) is 11.1 Å². The van der Waals surface area contributed by atoms with Gasteiger partial charge in [-0.3, -0.25) is 4.79 Å². The Balaban J connectivity index is 2.10. The molecule has 0 saturated carbocycles. The van der Waals surface area contributed by atoms with Crippen molar-refractivity contribution in [2.75, 3.05) is 20.8 Å². The van der Waals surface area contributed by atoms with E-state index in [0.29, 0.717) is 41.5 Å². The minimum atomic E-state index is -0.159. The Morgan fingerprint density at radius 1 is 1.24 bits per heavy atom. The minimum Gasteiger partial charge on any atom is -0.493 e. The zero-order valence-corrected chi connectivity index (χ0v) is 15.2. The van der Waals surface area contributed by atoms with Gasteiger partial charge in [0, 0.05) is 22.7 Å². The van der Waals surface area contributed by atoms with Crippen LogP contribution in [-0.2, 0) is 12.8 Å². The Labute approximate surface area is 153 Å². The van der Waals surface area contributed by atoms with E-state index in [1.807, 2.05) is 24.3 Å². The Morgan fingerprint density at radius 2 is 2.04 bits per heavy atom. The number of halogens is 1. The fourth-order valence-electron chi connectivity index (χ4n) is 2.60. The van der Waals surface area contributed by atoms with E-state index in [2.05, 4.69) is 11.9 Å². The molecule has 1 amide bonds. The summed E-state index contributed by atoms with van der Waals surface area (Å²) in [4.78, 5) is 12.5. The number of carbonyl (C=O) groups is 1. The first kappa shape index (κ1) is 18.9. The maximum atomic E-state index is 12.5. The fraction of sp³-hybridized carbons (Fsp3) is 0.250. The van der Waals surface area contributed by atoms with Gasteiger partial charge in [-0.05, 0) is 42.7 Å². The number of amides is 1. The van der Waals surface area contributed by atoms with Gasteiger partial charge >= 0.3 is 0 Å². The molecule has 5 heteroatoms. The molecule has 0 aliphatic rings. The van der Waals surface area contributed by atoms with Crippen LogP contribution < -0.4 is 14.8 Å². The zero-order chi connectivity index (χ0) is 18.2. The van der Waals surface area contributed by atoms with Crippen LogP contribution in [0.2, 0.25) is 5.02 Å². The van der Waals surface area contributed by atoms with Gasteiger partial charge in [-0.2, -0.15) is 0 Å². The largest absolute Gasteiger partial charge is 0.493 e. The van der Waals surface area contributed by atoms with E-state index in [-0.39, 0.29) is 5.91 Å². The third-order valence-corrected chi connectivity index (χ3v) is 4.01. The molecule has 2 rings (SSSR count). The number of rotatable bonds is 8. The second-order valence-corrected chi connectivity index (χ2v) is 5.94. The molecule has 0 aliphatic carbocycles. The molecule has 2 aromatic carbocycles. The summed E-state index contributed by atoms with van der Waals surface area (Å²) >= 11 is 5.97. The van der Waals surface area contributed by atoms with Crippen molar-refractivity contribution in [3.63, 3.8) is 0 Å². The first-order valence-electron chi connectivity index (χ1n) is 7.97. The lowest BCUT2D eigenvalue weighted by Gasteiger charge is -2.14. The van der Waals surface area contributed by atoms with Crippen LogP contribution in [0.25, 0.3) is 0 Å². The highest BCUT2D eigenvalue weighted by atomic mass is 35.5. The van der Waals surface area contributed by atoms with Crippen LogP contribution in [0.4, 0.5) is 0 Å². The van der Waals surface area contributed by atoms with E-state index in [1.165, 1.54) is 0 Å². The molecule has 0 radical (unpaired) electrons. The number of hydrogen-bond acceptors (Lipinski definition) is 3. The number of allylic oxidation sites excluding steroid dienone is 1. The molecule has 0 aromatic heterocycles. The summed E-state index contributed by atoms with van der Waals surface area (Å²) in [6, 6.07) is 11.1. The van der Waals surface area contributed by atoms with Gasteiger partial charge in [-0.15, -0.1) is 6.58 Å². The topological polar surface area (TPSA) is 47.6 Å². The molecular weight excluding hydrogens is 338 g/mol. The lowest BCUT2D eigenvalue weighted by molar-refractivity contribution is 0.0953. The van der Waals surface area contributed by atoms with Crippen molar-refractivity contribution >= 4 is 17.5 Å². The molecule has 0 fully saturated rings. The second-order valence-electron chi connectivity index (χ2n) is 5.50. The maximum absolute atomic E-state index is 12.5. The van der Waals surface area contributed by atoms with Crippen molar-refractivity contribution in [2.45, 2.75) is 12.8 Å².